The van der Waals surface area contributed by atoms with Gasteiger partial charge in [-0.15, -0.1) is 0 Å². The van der Waals surface area contributed by atoms with Crippen LogP contribution < -0.4 is 10.5 Å². The lowest BCUT2D eigenvalue weighted by atomic mass is 10.1. The molecule has 0 saturated carbocycles. The van der Waals surface area contributed by atoms with Gasteiger partial charge in [-0.05, 0) is 25.0 Å². The van der Waals surface area contributed by atoms with Gasteiger partial charge in [0.2, 0.25) is 0 Å². The van der Waals surface area contributed by atoms with E-state index in [4.69, 9.17) is 10.5 Å². The molecule has 2 N–H and O–H groups in total. The summed E-state index contributed by atoms with van der Waals surface area (Å²) in [4.78, 5) is 0. The molecule has 0 saturated heterocycles. The van der Waals surface area contributed by atoms with Crippen molar-refractivity contribution in [2.45, 2.75) is 19.4 Å². The molecule has 1 aromatic carbocycles. The highest BCUT2D eigenvalue weighted by Gasteiger charge is 2.08. The molecule has 0 amide bonds. The third-order valence-electron chi connectivity index (χ3n) is 1.81. The smallest absolute Gasteiger partial charge is 0.168 e. The van der Waals surface area contributed by atoms with Crippen LogP contribution in [0.5, 0.6) is 5.75 Å². The average Bonchev–Trinajstić information content (AvgIpc) is 2.08. The molecule has 72 valence electrons. The second-order valence-electron chi connectivity index (χ2n) is 3.11. The summed E-state index contributed by atoms with van der Waals surface area (Å²) >= 11 is 0. The molecule has 2 nitrogen and oxygen atoms in total. The minimum atomic E-state index is -0.303. The van der Waals surface area contributed by atoms with Crippen molar-refractivity contribution in [3.05, 3.63) is 29.6 Å². The molecule has 0 aliphatic heterocycles. The number of rotatable bonds is 3. The molecule has 1 unspecified atom stereocenters. The van der Waals surface area contributed by atoms with Crippen LogP contribution in [0.15, 0.2) is 18.2 Å². The lowest BCUT2D eigenvalue weighted by Crippen LogP contribution is -2.18. The van der Waals surface area contributed by atoms with E-state index in [1.165, 1.54) is 7.11 Å². The molecule has 1 atom stereocenters. The standard InChI is InChI=1S/C10H14FNO/c1-7(12)6-8-4-3-5-9(13-2)10(8)11/h3-5,7H,6,12H2,1-2H3. The highest BCUT2D eigenvalue weighted by Crippen LogP contribution is 2.20. The predicted molar refractivity (Wildman–Crippen MR) is 50.3 cm³/mol. The third-order valence-corrected chi connectivity index (χ3v) is 1.81. The van der Waals surface area contributed by atoms with Crippen LogP contribution in [0.3, 0.4) is 0 Å². The number of nitrogens with two attached hydrogens (primary N) is 1. The zero-order valence-corrected chi connectivity index (χ0v) is 7.88. The Balaban J connectivity index is 2.94. The number of ether oxygens (including phenoxy) is 1. The van der Waals surface area contributed by atoms with Crippen LogP contribution in [0.2, 0.25) is 0 Å². The molecule has 0 fully saturated rings. The van der Waals surface area contributed by atoms with Gasteiger partial charge in [-0.3, -0.25) is 0 Å². The topological polar surface area (TPSA) is 35.2 Å². The van der Waals surface area contributed by atoms with Crippen LogP contribution in [-0.2, 0) is 6.42 Å². The van der Waals surface area contributed by atoms with Gasteiger partial charge in [0, 0.05) is 6.04 Å². The highest BCUT2D eigenvalue weighted by atomic mass is 19.1. The Kier molecular flexibility index (Phi) is 3.25. The van der Waals surface area contributed by atoms with Crippen molar-refractivity contribution in [3.8, 4) is 5.75 Å². The molecule has 0 aliphatic rings. The number of hydrogen-bond donors (Lipinski definition) is 1. The van der Waals surface area contributed by atoms with Crippen LogP contribution in [0.4, 0.5) is 4.39 Å². The second kappa shape index (κ2) is 4.23. The van der Waals surface area contributed by atoms with Crippen molar-refractivity contribution in [3.63, 3.8) is 0 Å². The molecule has 0 aliphatic carbocycles. The molecule has 3 heteroatoms. The Morgan fingerprint density at radius 2 is 2.23 bits per heavy atom. The number of hydrogen-bond acceptors (Lipinski definition) is 2. The van der Waals surface area contributed by atoms with Crippen LogP contribution >= 0.6 is 0 Å². The van der Waals surface area contributed by atoms with E-state index in [0.29, 0.717) is 12.0 Å². The Hall–Kier alpha value is -1.09. The van der Waals surface area contributed by atoms with E-state index in [1.54, 1.807) is 18.2 Å². The van der Waals surface area contributed by atoms with Gasteiger partial charge in [-0.25, -0.2) is 4.39 Å². The molecular formula is C10H14FNO. The van der Waals surface area contributed by atoms with E-state index in [1.807, 2.05) is 6.92 Å². The van der Waals surface area contributed by atoms with Gasteiger partial charge in [0.25, 0.3) is 0 Å². The molecule has 0 radical (unpaired) electrons. The zero-order chi connectivity index (χ0) is 9.84. The van der Waals surface area contributed by atoms with E-state index in [2.05, 4.69) is 0 Å². The Morgan fingerprint density at radius 1 is 1.54 bits per heavy atom. The summed E-state index contributed by atoms with van der Waals surface area (Å²) < 4.78 is 18.3. The zero-order valence-electron chi connectivity index (χ0n) is 7.88. The van der Waals surface area contributed by atoms with Gasteiger partial charge < -0.3 is 10.5 Å². The van der Waals surface area contributed by atoms with Gasteiger partial charge in [0.05, 0.1) is 7.11 Å². The first-order valence-corrected chi connectivity index (χ1v) is 4.22. The largest absolute Gasteiger partial charge is 0.494 e. The van der Waals surface area contributed by atoms with Gasteiger partial charge in [-0.2, -0.15) is 0 Å². The minimum absolute atomic E-state index is 0.0402. The maximum atomic E-state index is 13.5. The Bertz CT molecular complexity index is 286. The van der Waals surface area contributed by atoms with Crippen LogP contribution in [0, 0.1) is 5.82 Å². The predicted octanol–water partition coefficient (Wildman–Crippen LogP) is 1.72. The molecule has 0 heterocycles. The Morgan fingerprint density at radius 3 is 2.77 bits per heavy atom. The SMILES string of the molecule is COc1cccc(CC(C)N)c1F. The summed E-state index contributed by atoms with van der Waals surface area (Å²) in [5.41, 5.74) is 6.18. The molecule has 0 aromatic heterocycles. The second-order valence-corrected chi connectivity index (χ2v) is 3.11. The summed E-state index contributed by atoms with van der Waals surface area (Å²) in [5.74, 6) is -0.0274. The summed E-state index contributed by atoms with van der Waals surface area (Å²) in [6, 6.07) is 5.04. The first kappa shape index (κ1) is 9.99. The lowest BCUT2D eigenvalue weighted by molar-refractivity contribution is 0.383. The van der Waals surface area contributed by atoms with Crippen molar-refractivity contribution in [1.82, 2.24) is 0 Å². The fraction of sp³-hybridized carbons (Fsp3) is 0.400. The van der Waals surface area contributed by atoms with Gasteiger partial charge in [0.15, 0.2) is 11.6 Å². The maximum absolute atomic E-state index is 13.5. The molecule has 0 spiro atoms. The fourth-order valence-electron chi connectivity index (χ4n) is 1.22. The van der Waals surface area contributed by atoms with Crippen molar-refractivity contribution < 1.29 is 9.13 Å². The van der Waals surface area contributed by atoms with Crippen molar-refractivity contribution in [2.24, 2.45) is 5.73 Å². The summed E-state index contributed by atoms with van der Waals surface area (Å²) in [5, 5.41) is 0. The van der Waals surface area contributed by atoms with Gasteiger partial charge in [0.1, 0.15) is 0 Å². The summed E-state index contributed by atoms with van der Waals surface area (Å²) in [7, 11) is 1.45. The van der Waals surface area contributed by atoms with E-state index in [0.717, 1.165) is 0 Å². The monoisotopic (exact) mass is 183 g/mol. The number of benzene rings is 1. The van der Waals surface area contributed by atoms with E-state index >= 15 is 0 Å². The van der Waals surface area contributed by atoms with Crippen LogP contribution in [0.25, 0.3) is 0 Å². The molecule has 0 bridgehead atoms. The van der Waals surface area contributed by atoms with Gasteiger partial charge >= 0.3 is 0 Å². The number of methoxy groups -OCH3 is 1. The number of halogens is 1. The third kappa shape index (κ3) is 2.42. The van der Waals surface area contributed by atoms with Crippen molar-refractivity contribution in [2.75, 3.05) is 7.11 Å². The van der Waals surface area contributed by atoms with E-state index in [9.17, 15) is 4.39 Å². The van der Waals surface area contributed by atoms with E-state index < -0.39 is 0 Å². The van der Waals surface area contributed by atoms with Crippen LogP contribution in [-0.4, -0.2) is 13.2 Å². The fourth-order valence-corrected chi connectivity index (χ4v) is 1.22. The normalized spacial score (nSPS) is 12.6. The molecule has 1 aromatic rings. The summed E-state index contributed by atoms with van der Waals surface area (Å²) in [6.45, 7) is 1.85. The lowest BCUT2D eigenvalue weighted by Gasteiger charge is -2.08. The minimum Gasteiger partial charge on any atom is -0.494 e. The average molecular weight is 183 g/mol. The first-order chi connectivity index (χ1) is 6.15. The highest BCUT2D eigenvalue weighted by molar-refractivity contribution is 5.31. The molecule has 1 rings (SSSR count). The molecule has 13 heavy (non-hydrogen) atoms. The molecular weight excluding hydrogens is 169 g/mol. The summed E-state index contributed by atoms with van der Waals surface area (Å²) in [6.07, 6.45) is 0.531. The first-order valence-electron chi connectivity index (χ1n) is 4.22. The maximum Gasteiger partial charge on any atom is 0.168 e. The van der Waals surface area contributed by atoms with Crippen LogP contribution in [0.1, 0.15) is 12.5 Å². The van der Waals surface area contributed by atoms with Crippen molar-refractivity contribution >= 4 is 0 Å². The van der Waals surface area contributed by atoms with E-state index in [-0.39, 0.29) is 17.6 Å². The Labute approximate surface area is 77.5 Å². The van der Waals surface area contributed by atoms with Crippen molar-refractivity contribution in [1.29, 1.82) is 0 Å². The van der Waals surface area contributed by atoms with Gasteiger partial charge in [-0.1, -0.05) is 12.1 Å². The quantitative estimate of drug-likeness (QED) is 0.774.